The van der Waals surface area contributed by atoms with E-state index in [1.165, 1.54) is 24.0 Å². The van der Waals surface area contributed by atoms with E-state index in [9.17, 15) is 32.5 Å². The number of nitrogens with zero attached hydrogens (tertiary/aromatic N) is 4. The number of pyridine rings is 1. The van der Waals surface area contributed by atoms with Gasteiger partial charge in [-0.3, -0.25) is 28.7 Å². The zero-order valence-corrected chi connectivity index (χ0v) is 27.8. The van der Waals surface area contributed by atoms with E-state index in [2.05, 4.69) is 10.3 Å². The number of rotatable bonds is 7. The summed E-state index contributed by atoms with van der Waals surface area (Å²) >= 11 is 0.960. The van der Waals surface area contributed by atoms with E-state index in [0.717, 1.165) is 41.9 Å². The van der Waals surface area contributed by atoms with Crippen molar-refractivity contribution in [3.63, 3.8) is 0 Å². The molecule has 3 fully saturated rings. The van der Waals surface area contributed by atoms with Gasteiger partial charge in [0.05, 0.1) is 4.88 Å². The van der Waals surface area contributed by atoms with Crippen molar-refractivity contribution in [3.8, 4) is 0 Å². The Morgan fingerprint density at radius 2 is 1.83 bits per heavy atom. The number of nitrogens with one attached hydrogen (secondary N) is 1. The number of carbonyl (C=O) groups excluding carboxylic acids is 4. The molecule has 0 spiro atoms. The zero-order valence-electron chi connectivity index (χ0n) is 26.1. The molecule has 4 atom stereocenters. The highest BCUT2D eigenvalue weighted by Crippen LogP contribution is 2.59. The molecule has 256 valence electrons. The lowest BCUT2D eigenvalue weighted by Crippen LogP contribution is -2.61. The largest absolute Gasteiger partial charge is 0.399 e. The molecule has 3 N–H and O–H groups in total. The van der Waals surface area contributed by atoms with Gasteiger partial charge >= 0.3 is 13.3 Å². The maximum absolute atomic E-state index is 14.3. The number of amides is 4. The average Bonchev–Trinajstić information content (AvgIpc) is 3.79. The fraction of sp³-hybridized carbons (Fsp3) is 0.469. The van der Waals surface area contributed by atoms with E-state index in [-0.39, 0.29) is 40.6 Å². The van der Waals surface area contributed by atoms with Crippen LogP contribution in [0.2, 0.25) is 0 Å². The van der Waals surface area contributed by atoms with Crippen LogP contribution in [0, 0.1) is 5.92 Å². The zero-order chi connectivity index (χ0) is 34.4. The van der Waals surface area contributed by atoms with Gasteiger partial charge in [-0.25, -0.2) is 0 Å². The summed E-state index contributed by atoms with van der Waals surface area (Å²) in [5.41, 5.74) is -4.20. The van der Waals surface area contributed by atoms with Gasteiger partial charge in [0, 0.05) is 61.8 Å². The number of thiophene rings is 1. The van der Waals surface area contributed by atoms with Crippen LogP contribution in [0.25, 0.3) is 10.1 Å². The second-order valence-electron chi connectivity index (χ2n) is 12.7. The quantitative estimate of drug-likeness (QED) is 0.316. The first-order valence-electron chi connectivity index (χ1n) is 15.8. The van der Waals surface area contributed by atoms with Gasteiger partial charge < -0.3 is 29.8 Å². The maximum atomic E-state index is 14.3. The molecular formula is C32H36F2N5O7PS. The van der Waals surface area contributed by atoms with E-state index in [1.807, 2.05) is 23.2 Å². The van der Waals surface area contributed by atoms with E-state index < -0.39 is 42.7 Å². The smallest absolute Gasteiger partial charge is 0.341 e. The summed E-state index contributed by atoms with van der Waals surface area (Å²) in [5, 5.41) is 2.90. The van der Waals surface area contributed by atoms with Crippen LogP contribution in [0.15, 0.2) is 48.8 Å². The Bertz CT molecular complexity index is 1790. The second-order valence-corrected chi connectivity index (χ2v) is 15.5. The third-order valence-corrected chi connectivity index (χ3v) is 11.6. The van der Waals surface area contributed by atoms with Crippen LogP contribution < -0.4 is 5.32 Å². The molecule has 1 aromatic carbocycles. The standard InChI is InChI=1S/C32H36F2N5O7PS/c1-19(40)37-12-9-24-5-6-26(31(43)38-11-8-21(17-38)13-20-3-2-10-35-16-20)39(24)30(42)25(18-37)36-29(41)28-15-22-14-23(4-7-27(22)48-28)32(33,34)47(44,45)46/h2-4,7,10,14-16,21,24-26H,5-6,8-9,11-13,17-18H2,1H3,(H,36,41)(H2,44,45,46)/t21-,24+,25-,26-/m0/s1. The molecular weight excluding hydrogens is 667 g/mol. The molecule has 0 bridgehead atoms. The van der Waals surface area contributed by atoms with Crippen LogP contribution in [-0.2, 0) is 31.0 Å². The lowest BCUT2D eigenvalue weighted by molar-refractivity contribution is -0.148. The van der Waals surface area contributed by atoms with Crippen molar-refractivity contribution >= 4 is 52.6 Å². The molecule has 3 saturated heterocycles. The second kappa shape index (κ2) is 13.3. The topological polar surface area (TPSA) is 160 Å². The van der Waals surface area contributed by atoms with Gasteiger partial charge in [-0.05, 0) is 73.2 Å². The Morgan fingerprint density at radius 3 is 2.54 bits per heavy atom. The number of aromatic nitrogens is 1. The molecule has 48 heavy (non-hydrogen) atoms. The fourth-order valence-electron chi connectivity index (χ4n) is 7.01. The first-order chi connectivity index (χ1) is 22.7. The number of fused-ring (bicyclic) bond motifs is 2. The lowest BCUT2D eigenvalue weighted by atomic mass is 10.00. The minimum Gasteiger partial charge on any atom is -0.341 e. The number of halogens is 2. The van der Waals surface area contributed by atoms with Crippen molar-refractivity contribution in [2.75, 3.05) is 26.2 Å². The number of hydrogen-bond donors (Lipinski definition) is 3. The van der Waals surface area contributed by atoms with Gasteiger partial charge in [0.2, 0.25) is 17.7 Å². The molecule has 3 aromatic rings. The molecule has 2 aromatic heterocycles. The summed E-state index contributed by atoms with van der Waals surface area (Å²) in [5.74, 6) is -1.27. The lowest BCUT2D eigenvalue weighted by Gasteiger charge is -2.39. The Hall–Kier alpha value is -3.78. The molecule has 12 nitrogen and oxygen atoms in total. The van der Waals surface area contributed by atoms with E-state index >= 15 is 0 Å². The minimum atomic E-state index is -5.79. The van der Waals surface area contributed by atoms with Crippen LogP contribution in [0.3, 0.4) is 0 Å². The van der Waals surface area contributed by atoms with Crippen molar-refractivity contribution in [1.29, 1.82) is 0 Å². The van der Waals surface area contributed by atoms with Gasteiger partial charge in [-0.15, -0.1) is 11.3 Å². The Labute approximate surface area is 279 Å². The van der Waals surface area contributed by atoms with Crippen molar-refractivity contribution in [3.05, 3.63) is 64.8 Å². The van der Waals surface area contributed by atoms with Crippen LogP contribution in [0.5, 0.6) is 0 Å². The Balaban J connectivity index is 1.20. The van der Waals surface area contributed by atoms with Crippen molar-refractivity contribution in [2.24, 2.45) is 5.92 Å². The molecule has 16 heteroatoms. The molecule has 0 saturated carbocycles. The van der Waals surface area contributed by atoms with E-state index in [0.29, 0.717) is 43.6 Å². The van der Waals surface area contributed by atoms with Crippen molar-refractivity contribution < 1.29 is 42.3 Å². The summed E-state index contributed by atoms with van der Waals surface area (Å²) in [7, 11) is -5.79. The SMILES string of the molecule is CC(=O)N1CC[C@H]2CC[C@@H](C(=O)N3CC[C@@H](Cc4cccnc4)C3)N2C(=O)[C@@H](NC(=O)c2cc3cc(C(F)(F)P(=O)(O)O)ccc3s2)C1. The van der Waals surface area contributed by atoms with Crippen LogP contribution in [0.1, 0.15) is 53.4 Å². The Kier molecular flexibility index (Phi) is 9.42. The fourth-order valence-corrected chi connectivity index (χ4v) is 8.43. The van der Waals surface area contributed by atoms with Crippen LogP contribution in [0.4, 0.5) is 8.78 Å². The molecule has 0 aliphatic carbocycles. The average molecular weight is 704 g/mol. The van der Waals surface area contributed by atoms with Gasteiger partial charge in [-0.2, -0.15) is 8.78 Å². The number of likely N-dealkylation sites (tertiary alicyclic amines) is 1. The highest BCUT2D eigenvalue weighted by Gasteiger charge is 2.50. The molecule has 3 aliphatic heterocycles. The van der Waals surface area contributed by atoms with Crippen molar-refractivity contribution in [2.45, 2.75) is 62.8 Å². The highest BCUT2D eigenvalue weighted by molar-refractivity contribution is 7.52. The molecule has 6 rings (SSSR count). The van der Waals surface area contributed by atoms with E-state index in [4.69, 9.17) is 9.79 Å². The Morgan fingerprint density at radius 1 is 1.06 bits per heavy atom. The van der Waals surface area contributed by atoms with Crippen LogP contribution >= 0.6 is 18.9 Å². The first kappa shape index (κ1) is 34.1. The molecule has 4 amide bonds. The highest BCUT2D eigenvalue weighted by atomic mass is 32.1. The summed E-state index contributed by atoms with van der Waals surface area (Å²) in [6.45, 7) is 2.77. The summed E-state index contributed by atoms with van der Waals surface area (Å²) in [4.78, 5) is 81.5. The van der Waals surface area contributed by atoms with Gasteiger partial charge in [0.1, 0.15) is 12.1 Å². The summed E-state index contributed by atoms with van der Waals surface area (Å²) in [6.07, 6.45) is 6.73. The molecule has 0 unspecified atom stereocenters. The van der Waals surface area contributed by atoms with Gasteiger partial charge in [0.25, 0.3) is 5.91 Å². The van der Waals surface area contributed by atoms with Gasteiger partial charge in [-0.1, -0.05) is 12.1 Å². The number of carbonyl (C=O) groups is 4. The molecule has 5 heterocycles. The minimum absolute atomic E-state index is 0.0770. The molecule has 0 radical (unpaired) electrons. The predicted molar refractivity (Wildman–Crippen MR) is 172 cm³/mol. The predicted octanol–water partition coefficient (Wildman–Crippen LogP) is 3.32. The number of benzene rings is 1. The monoisotopic (exact) mass is 703 g/mol. The normalized spacial score (nSPS) is 23.6. The third kappa shape index (κ3) is 6.73. The van der Waals surface area contributed by atoms with Crippen LogP contribution in [-0.4, -0.2) is 97.4 Å². The summed E-state index contributed by atoms with van der Waals surface area (Å²) < 4.78 is 40.5. The number of alkyl halides is 2. The number of hydrogen-bond acceptors (Lipinski definition) is 7. The first-order valence-corrected chi connectivity index (χ1v) is 18.2. The van der Waals surface area contributed by atoms with Crippen molar-refractivity contribution in [1.82, 2.24) is 25.0 Å². The maximum Gasteiger partial charge on any atom is 0.399 e. The van der Waals surface area contributed by atoms with Gasteiger partial charge in [0.15, 0.2) is 0 Å². The summed E-state index contributed by atoms with van der Waals surface area (Å²) in [6, 6.07) is 6.12. The molecule has 3 aliphatic rings. The third-order valence-electron chi connectivity index (χ3n) is 9.52. The van der Waals surface area contributed by atoms with E-state index in [1.54, 1.807) is 11.1 Å².